The molecule has 0 radical (unpaired) electrons. The quantitative estimate of drug-likeness (QED) is 0.857. The molecule has 1 aliphatic heterocycles. The molecular weight excluding hydrogens is 316 g/mol. The molecule has 3 aliphatic rings. The number of pyridine rings is 1. The summed E-state index contributed by atoms with van der Waals surface area (Å²) in [5, 5.41) is 0. The van der Waals surface area contributed by atoms with Crippen molar-refractivity contribution in [2.24, 2.45) is 11.8 Å². The third-order valence-electron chi connectivity index (χ3n) is 5.86. The number of aromatic nitrogens is 3. The van der Waals surface area contributed by atoms with Crippen molar-refractivity contribution in [1.29, 1.82) is 0 Å². The van der Waals surface area contributed by atoms with Gasteiger partial charge < -0.3 is 4.90 Å². The Labute approximate surface area is 146 Å². The number of nitrogens with zero attached hydrogens (tertiary/aromatic N) is 4. The Kier molecular flexibility index (Phi) is 3.47. The molecule has 2 aromatic heterocycles. The first kappa shape index (κ1) is 15.2. The van der Waals surface area contributed by atoms with E-state index in [4.69, 9.17) is 0 Å². The van der Waals surface area contributed by atoms with E-state index in [2.05, 4.69) is 4.98 Å². The number of hydrogen-bond acceptors (Lipinski definition) is 3. The number of likely N-dealkylation sites (tertiary alicyclic amines) is 1. The number of carbonyl (C=O) groups is 1. The van der Waals surface area contributed by atoms with E-state index in [0.717, 1.165) is 49.9 Å². The highest BCUT2D eigenvalue weighted by atomic mass is 16.2. The summed E-state index contributed by atoms with van der Waals surface area (Å²) >= 11 is 0. The summed E-state index contributed by atoms with van der Waals surface area (Å²) in [6.45, 7) is 2.27. The van der Waals surface area contributed by atoms with Crippen LogP contribution in [-0.4, -0.2) is 38.0 Å². The lowest BCUT2D eigenvalue weighted by Gasteiger charge is -2.33. The second-order valence-corrected chi connectivity index (χ2v) is 7.91. The summed E-state index contributed by atoms with van der Waals surface area (Å²) < 4.78 is 3.77. The average molecular weight is 340 g/mol. The van der Waals surface area contributed by atoms with Crippen molar-refractivity contribution in [1.82, 2.24) is 19.0 Å². The zero-order chi connectivity index (χ0) is 17.0. The zero-order valence-corrected chi connectivity index (χ0v) is 14.4. The van der Waals surface area contributed by atoms with Crippen LogP contribution in [0.15, 0.2) is 23.1 Å². The van der Waals surface area contributed by atoms with E-state index in [1.54, 1.807) is 6.20 Å². The predicted octanol–water partition coefficient (Wildman–Crippen LogP) is 2.18. The minimum Gasteiger partial charge on any atom is -0.340 e. The molecule has 6 nitrogen and oxygen atoms in total. The van der Waals surface area contributed by atoms with Crippen LogP contribution in [0.3, 0.4) is 0 Å². The number of imidazole rings is 1. The highest BCUT2D eigenvalue weighted by Gasteiger charge is 2.36. The summed E-state index contributed by atoms with van der Waals surface area (Å²) in [7, 11) is 0. The van der Waals surface area contributed by atoms with E-state index in [-0.39, 0.29) is 23.6 Å². The molecule has 3 fully saturated rings. The molecule has 2 saturated carbocycles. The number of hydrogen-bond donors (Lipinski definition) is 0. The molecule has 132 valence electrons. The van der Waals surface area contributed by atoms with Crippen molar-refractivity contribution in [3.8, 4) is 0 Å². The van der Waals surface area contributed by atoms with Crippen LogP contribution in [0.2, 0.25) is 0 Å². The van der Waals surface area contributed by atoms with Crippen LogP contribution in [-0.2, 0) is 11.3 Å². The number of piperidine rings is 1. The van der Waals surface area contributed by atoms with Gasteiger partial charge in [0.25, 0.3) is 0 Å². The molecule has 0 bridgehead atoms. The molecule has 0 spiro atoms. The maximum absolute atomic E-state index is 13.2. The van der Waals surface area contributed by atoms with E-state index in [9.17, 15) is 9.59 Å². The Morgan fingerprint density at radius 3 is 2.80 bits per heavy atom. The van der Waals surface area contributed by atoms with Gasteiger partial charge in [-0.1, -0.05) is 0 Å². The predicted molar refractivity (Wildman–Crippen MR) is 94.3 cm³/mol. The largest absolute Gasteiger partial charge is 0.340 e. The van der Waals surface area contributed by atoms with Crippen molar-refractivity contribution in [2.75, 3.05) is 13.1 Å². The van der Waals surface area contributed by atoms with Gasteiger partial charge in [0.2, 0.25) is 5.91 Å². The number of rotatable bonds is 4. The lowest BCUT2D eigenvalue weighted by molar-refractivity contribution is -0.134. The lowest BCUT2D eigenvalue weighted by atomic mass is 10.0. The van der Waals surface area contributed by atoms with Crippen molar-refractivity contribution < 1.29 is 4.79 Å². The number of carbonyl (C=O) groups excluding carboxylic acids is 1. The Bertz CT molecular complexity index is 875. The van der Waals surface area contributed by atoms with E-state index in [0.29, 0.717) is 12.5 Å². The Hall–Kier alpha value is -2.11. The van der Waals surface area contributed by atoms with Crippen LogP contribution in [0.4, 0.5) is 0 Å². The van der Waals surface area contributed by atoms with Gasteiger partial charge in [0, 0.05) is 31.7 Å². The average Bonchev–Trinajstić information content (AvgIpc) is 3.54. The molecule has 0 aromatic carbocycles. The second-order valence-electron chi connectivity index (χ2n) is 7.91. The molecule has 6 heteroatoms. The third kappa shape index (κ3) is 2.68. The first-order valence-corrected chi connectivity index (χ1v) is 9.57. The maximum atomic E-state index is 13.2. The Morgan fingerprint density at radius 1 is 1.20 bits per heavy atom. The monoisotopic (exact) mass is 340 g/mol. The van der Waals surface area contributed by atoms with Crippen LogP contribution in [0.5, 0.6) is 0 Å². The fourth-order valence-electron chi connectivity index (χ4n) is 4.13. The SMILES string of the molecule is O=C(C1CC1)N1CCC[C@H](n2c(=O)n(CC3CC3)c3cccnc32)C1. The van der Waals surface area contributed by atoms with E-state index < -0.39 is 0 Å². The van der Waals surface area contributed by atoms with Gasteiger partial charge in [-0.25, -0.2) is 9.78 Å². The molecular formula is C19H24N4O2. The van der Waals surface area contributed by atoms with E-state index >= 15 is 0 Å². The van der Waals surface area contributed by atoms with Gasteiger partial charge in [-0.2, -0.15) is 0 Å². The smallest absolute Gasteiger partial charge is 0.330 e. The van der Waals surface area contributed by atoms with Gasteiger partial charge in [-0.3, -0.25) is 13.9 Å². The molecule has 25 heavy (non-hydrogen) atoms. The van der Waals surface area contributed by atoms with Gasteiger partial charge in [-0.15, -0.1) is 0 Å². The van der Waals surface area contributed by atoms with Crippen molar-refractivity contribution >= 4 is 17.1 Å². The number of fused-ring (bicyclic) bond motifs is 1. The minimum atomic E-state index is 0.0433. The fraction of sp³-hybridized carbons (Fsp3) is 0.632. The van der Waals surface area contributed by atoms with Crippen molar-refractivity contribution in [3.05, 3.63) is 28.8 Å². The van der Waals surface area contributed by atoms with Gasteiger partial charge in [0.15, 0.2) is 5.65 Å². The maximum Gasteiger partial charge on any atom is 0.330 e. The van der Waals surface area contributed by atoms with Gasteiger partial charge in [0.05, 0.1) is 11.6 Å². The molecule has 2 aliphatic carbocycles. The molecule has 3 heterocycles. The molecule has 1 saturated heterocycles. The van der Waals surface area contributed by atoms with Crippen LogP contribution < -0.4 is 5.69 Å². The Balaban J connectivity index is 1.52. The summed E-state index contributed by atoms with van der Waals surface area (Å²) in [4.78, 5) is 32.1. The van der Waals surface area contributed by atoms with Gasteiger partial charge >= 0.3 is 5.69 Å². The van der Waals surface area contributed by atoms with E-state index in [1.807, 2.05) is 26.2 Å². The molecule has 5 rings (SSSR count). The zero-order valence-electron chi connectivity index (χ0n) is 14.4. The van der Waals surface area contributed by atoms with Crippen LogP contribution in [0.25, 0.3) is 11.2 Å². The summed E-state index contributed by atoms with van der Waals surface area (Å²) in [6, 6.07) is 3.94. The second kappa shape index (κ2) is 5.71. The lowest BCUT2D eigenvalue weighted by Crippen LogP contribution is -2.43. The topological polar surface area (TPSA) is 60.1 Å². The molecule has 0 unspecified atom stereocenters. The standard InChI is InChI=1S/C19H24N4O2/c24-18(14-7-8-14)21-10-2-3-15(12-21)23-17-16(4-1-9-20-17)22(19(23)25)11-13-5-6-13/h1,4,9,13-15H,2-3,5-8,10-12H2/t15-/m0/s1. The molecule has 2 aromatic rings. The molecule has 1 atom stereocenters. The number of amides is 1. The summed E-state index contributed by atoms with van der Waals surface area (Å²) in [5.74, 6) is 1.16. The fourth-order valence-corrected chi connectivity index (χ4v) is 4.13. The highest BCUT2D eigenvalue weighted by Crippen LogP contribution is 2.34. The normalized spacial score (nSPS) is 24.0. The van der Waals surface area contributed by atoms with E-state index in [1.165, 1.54) is 12.8 Å². The third-order valence-corrected chi connectivity index (χ3v) is 5.86. The van der Waals surface area contributed by atoms with Crippen LogP contribution >= 0.6 is 0 Å². The van der Waals surface area contributed by atoms with Crippen LogP contribution in [0.1, 0.15) is 44.6 Å². The highest BCUT2D eigenvalue weighted by molar-refractivity contribution is 5.81. The summed E-state index contributed by atoms with van der Waals surface area (Å²) in [5.41, 5.74) is 1.76. The molecule has 0 N–H and O–H groups in total. The van der Waals surface area contributed by atoms with Crippen molar-refractivity contribution in [2.45, 2.75) is 51.1 Å². The molecule has 1 amide bonds. The van der Waals surface area contributed by atoms with Crippen molar-refractivity contribution in [3.63, 3.8) is 0 Å². The van der Waals surface area contributed by atoms with Crippen LogP contribution in [0, 0.1) is 11.8 Å². The summed E-state index contributed by atoms with van der Waals surface area (Å²) in [6.07, 6.45) is 8.14. The van der Waals surface area contributed by atoms with Gasteiger partial charge in [-0.05, 0) is 56.6 Å². The first-order chi connectivity index (χ1) is 12.2. The Morgan fingerprint density at radius 2 is 2.04 bits per heavy atom. The van der Waals surface area contributed by atoms with Gasteiger partial charge in [0.1, 0.15) is 0 Å². The first-order valence-electron chi connectivity index (χ1n) is 9.57. The minimum absolute atomic E-state index is 0.0433.